The number of nitrogens with zero attached hydrogens (tertiary/aromatic N) is 2. The van der Waals surface area contributed by atoms with Crippen LogP contribution in [-0.2, 0) is 0 Å². The first-order valence-electron chi connectivity index (χ1n) is 2.67. The monoisotopic (exact) mass is 142 g/mol. The molecule has 0 saturated carbocycles. The van der Waals surface area contributed by atoms with Crippen molar-refractivity contribution in [1.29, 1.82) is 5.26 Å². The first kappa shape index (κ1) is 8.68. The zero-order valence-electron chi connectivity index (χ0n) is 5.46. The van der Waals surface area contributed by atoms with Gasteiger partial charge in [0.2, 0.25) is 5.96 Å². The van der Waals surface area contributed by atoms with Gasteiger partial charge in [-0.1, -0.05) is 0 Å². The fraction of sp³-hybridized carbons (Fsp3) is 0.500. The van der Waals surface area contributed by atoms with Crippen LogP contribution in [-0.4, -0.2) is 19.3 Å². The number of nitrogens with one attached hydrogen (secondary N) is 2. The normalized spacial score (nSPS) is 10.6. The van der Waals surface area contributed by atoms with Crippen molar-refractivity contribution >= 4 is 5.96 Å². The van der Waals surface area contributed by atoms with E-state index in [-0.39, 0.29) is 5.96 Å². The van der Waals surface area contributed by atoms with E-state index < -0.39 is 0 Å². The Kier molecular flexibility index (Phi) is 5.04. The molecular weight excluding hydrogens is 132 g/mol. The average Bonchev–Trinajstić information content (AvgIpc) is 1.89. The van der Waals surface area contributed by atoms with Crippen LogP contribution in [0.25, 0.3) is 0 Å². The lowest BCUT2D eigenvalue weighted by atomic mass is 10.9. The van der Waals surface area contributed by atoms with Gasteiger partial charge < -0.3 is 11.5 Å². The highest BCUT2D eigenvalue weighted by atomic mass is 15.1. The zero-order valence-corrected chi connectivity index (χ0v) is 5.46. The maximum atomic E-state index is 8.03. The van der Waals surface area contributed by atoms with Gasteiger partial charge in [-0.25, -0.2) is 4.99 Å². The van der Waals surface area contributed by atoms with Crippen molar-refractivity contribution in [3.8, 4) is 6.19 Å². The Morgan fingerprint density at radius 2 is 2.40 bits per heavy atom. The molecule has 0 aliphatic carbocycles. The van der Waals surface area contributed by atoms with Crippen LogP contribution < -0.4 is 22.1 Å². The number of nitrogens with two attached hydrogens (primary N) is 2. The molecule has 6 heteroatoms. The van der Waals surface area contributed by atoms with Gasteiger partial charge in [-0.2, -0.15) is 5.26 Å². The minimum absolute atomic E-state index is 0.0865. The van der Waals surface area contributed by atoms with Crippen LogP contribution in [0.3, 0.4) is 0 Å². The van der Waals surface area contributed by atoms with Crippen molar-refractivity contribution in [2.45, 2.75) is 0 Å². The fourth-order valence-electron chi connectivity index (χ4n) is 0.302. The molecule has 0 heterocycles. The minimum atomic E-state index is 0.0865. The molecule has 0 radical (unpaired) electrons. The molecule has 0 amide bonds. The van der Waals surface area contributed by atoms with Crippen molar-refractivity contribution in [1.82, 2.24) is 10.6 Å². The van der Waals surface area contributed by atoms with E-state index in [9.17, 15) is 0 Å². The Hall–Kier alpha value is -1.32. The maximum Gasteiger partial charge on any atom is 0.203 e. The lowest BCUT2D eigenvalue weighted by molar-refractivity contribution is 0.723. The Morgan fingerprint density at radius 1 is 1.70 bits per heavy atom. The van der Waals surface area contributed by atoms with Gasteiger partial charge in [-0.3, -0.25) is 10.6 Å². The summed E-state index contributed by atoms with van der Waals surface area (Å²) in [5, 5.41) is 12.9. The predicted octanol–water partition coefficient (Wildman–Crippen LogP) is -2.16. The van der Waals surface area contributed by atoms with Gasteiger partial charge in [0.05, 0.1) is 6.67 Å². The van der Waals surface area contributed by atoms with E-state index >= 15 is 0 Å². The molecule has 0 unspecified atom stereocenters. The molecule has 0 aromatic heterocycles. The highest BCUT2D eigenvalue weighted by molar-refractivity contribution is 5.79. The molecule has 6 N–H and O–H groups in total. The largest absolute Gasteiger partial charge is 0.369 e. The summed E-state index contributed by atoms with van der Waals surface area (Å²) < 4.78 is 0. The van der Waals surface area contributed by atoms with Crippen LogP contribution in [0.4, 0.5) is 0 Å². The Bertz CT molecular complexity index is 144. The van der Waals surface area contributed by atoms with E-state index in [2.05, 4.69) is 15.6 Å². The lowest BCUT2D eigenvalue weighted by Gasteiger charge is -1.96. The molecule has 0 aliphatic rings. The highest BCUT2D eigenvalue weighted by Crippen LogP contribution is 1.61. The first-order chi connectivity index (χ1) is 4.81. The second-order valence-electron chi connectivity index (χ2n) is 1.39. The van der Waals surface area contributed by atoms with E-state index in [1.54, 1.807) is 6.19 Å². The molecule has 0 fully saturated rings. The average molecular weight is 142 g/mol. The topological polar surface area (TPSA) is 112 Å². The smallest absolute Gasteiger partial charge is 0.203 e. The van der Waals surface area contributed by atoms with Crippen LogP contribution >= 0.6 is 0 Å². The molecule has 0 aromatic carbocycles. The third-order valence-electron chi connectivity index (χ3n) is 0.690. The molecule has 0 bridgehead atoms. The Balaban J connectivity index is 3.40. The third-order valence-corrected chi connectivity index (χ3v) is 0.690. The number of guanidine groups is 1. The number of aliphatic imine (C=N–C) groups is 1. The first-order valence-corrected chi connectivity index (χ1v) is 2.67. The number of hydrogen-bond acceptors (Lipinski definition) is 4. The van der Waals surface area contributed by atoms with E-state index in [0.29, 0.717) is 13.3 Å². The highest BCUT2D eigenvalue weighted by Gasteiger charge is 1.84. The number of nitriles is 1. The summed E-state index contributed by atoms with van der Waals surface area (Å²) in [5.74, 6) is 0.0865. The van der Waals surface area contributed by atoms with Gasteiger partial charge in [-0.15, -0.1) is 0 Å². The Labute approximate surface area is 58.9 Å². The summed E-state index contributed by atoms with van der Waals surface area (Å²) in [6.45, 7) is 0.653. The fourth-order valence-corrected chi connectivity index (χ4v) is 0.302. The Morgan fingerprint density at radius 3 is 2.90 bits per heavy atom. The SMILES string of the molecule is N#CNC(N)=NCNCN. The van der Waals surface area contributed by atoms with Crippen LogP contribution in [0.1, 0.15) is 0 Å². The van der Waals surface area contributed by atoms with E-state index in [1.165, 1.54) is 0 Å². The molecule has 10 heavy (non-hydrogen) atoms. The summed E-state index contributed by atoms with van der Waals surface area (Å²) in [6, 6.07) is 0. The summed E-state index contributed by atoms with van der Waals surface area (Å²) in [6.07, 6.45) is 1.63. The number of hydrogen-bond donors (Lipinski definition) is 4. The van der Waals surface area contributed by atoms with E-state index in [4.69, 9.17) is 16.7 Å². The molecule has 0 spiro atoms. The molecule has 0 aliphatic heterocycles. The van der Waals surface area contributed by atoms with Crippen molar-refractivity contribution in [3.05, 3.63) is 0 Å². The van der Waals surface area contributed by atoms with Gasteiger partial charge in [0, 0.05) is 6.67 Å². The molecule has 0 aromatic rings. The van der Waals surface area contributed by atoms with Gasteiger partial charge in [0.15, 0.2) is 6.19 Å². The number of rotatable bonds is 3. The van der Waals surface area contributed by atoms with E-state index in [1.807, 2.05) is 0 Å². The van der Waals surface area contributed by atoms with Gasteiger partial charge in [0.25, 0.3) is 0 Å². The van der Waals surface area contributed by atoms with Crippen molar-refractivity contribution in [3.63, 3.8) is 0 Å². The van der Waals surface area contributed by atoms with Gasteiger partial charge in [-0.05, 0) is 0 Å². The van der Waals surface area contributed by atoms with Crippen molar-refractivity contribution < 1.29 is 0 Å². The zero-order chi connectivity index (χ0) is 7.82. The van der Waals surface area contributed by atoms with Crippen molar-refractivity contribution in [2.75, 3.05) is 13.3 Å². The van der Waals surface area contributed by atoms with Crippen LogP contribution in [0.5, 0.6) is 0 Å². The quantitative estimate of drug-likeness (QED) is 0.0894. The van der Waals surface area contributed by atoms with E-state index in [0.717, 1.165) is 0 Å². The second-order valence-corrected chi connectivity index (χ2v) is 1.39. The summed E-state index contributed by atoms with van der Waals surface area (Å²) in [7, 11) is 0. The van der Waals surface area contributed by atoms with Crippen LogP contribution in [0.2, 0.25) is 0 Å². The van der Waals surface area contributed by atoms with Crippen molar-refractivity contribution in [2.24, 2.45) is 16.5 Å². The molecule has 6 nitrogen and oxygen atoms in total. The second kappa shape index (κ2) is 5.81. The molecule has 0 saturated heterocycles. The third kappa shape index (κ3) is 4.83. The van der Waals surface area contributed by atoms with Gasteiger partial charge >= 0.3 is 0 Å². The molecule has 56 valence electrons. The molecular formula is C4H10N6. The van der Waals surface area contributed by atoms with Gasteiger partial charge in [0.1, 0.15) is 0 Å². The maximum absolute atomic E-state index is 8.03. The summed E-state index contributed by atoms with van der Waals surface area (Å²) >= 11 is 0. The standard InChI is InChI=1S/C4H10N6/c5-1-8-3-10-4(7)9-2-6/h8H,1,3,5H2,(H3,7,9,10). The molecule has 0 atom stereocenters. The predicted molar refractivity (Wildman–Crippen MR) is 37.4 cm³/mol. The van der Waals surface area contributed by atoms with Crippen LogP contribution in [0.15, 0.2) is 4.99 Å². The van der Waals surface area contributed by atoms with Crippen LogP contribution in [0, 0.1) is 11.5 Å². The summed E-state index contributed by atoms with van der Waals surface area (Å²) in [4.78, 5) is 3.67. The lowest BCUT2D eigenvalue weighted by Crippen LogP contribution is -2.30. The minimum Gasteiger partial charge on any atom is -0.369 e. The molecule has 0 rings (SSSR count). The summed E-state index contributed by atoms with van der Waals surface area (Å²) in [5.41, 5.74) is 10.2.